The number of aryl methyl sites for hydroxylation is 1. The number of ether oxygens (including phenoxy) is 2. The van der Waals surface area contributed by atoms with Crippen LogP contribution >= 0.6 is 11.3 Å². The van der Waals surface area contributed by atoms with Crippen LogP contribution in [0.5, 0.6) is 11.5 Å². The van der Waals surface area contributed by atoms with Crippen LogP contribution in [-0.2, 0) is 6.54 Å². The number of methoxy groups -OCH3 is 2. The quantitative estimate of drug-likeness (QED) is 0.737. The highest BCUT2D eigenvalue weighted by Crippen LogP contribution is 2.30. The van der Waals surface area contributed by atoms with E-state index in [4.69, 9.17) is 9.47 Å². The Hall–Kier alpha value is -1.92. The number of piperidine rings is 1. The van der Waals surface area contributed by atoms with Crippen molar-refractivity contribution in [1.82, 2.24) is 9.88 Å². The first kappa shape index (κ1) is 17.9. The highest BCUT2D eigenvalue weighted by Gasteiger charge is 2.27. The van der Waals surface area contributed by atoms with Gasteiger partial charge in [-0.3, -0.25) is 9.69 Å². The fourth-order valence-corrected chi connectivity index (χ4v) is 4.17. The number of carbonyl (C=O) groups excluding carboxylic acids is 1. The molecule has 1 aliphatic heterocycles. The molecule has 2 heterocycles. The Balaban J connectivity index is 1.69. The Bertz CT molecular complexity index is 744. The molecule has 0 radical (unpaired) electrons. The van der Waals surface area contributed by atoms with E-state index in [0.29, 0.717) is 17.1 Å². The van der Waals surface area contributed by atoms with Crippen LogP contribution in [0.3, 0.4) is 0 Å². The standard InChI is InChI=1S/C19H24N2O3S/c1-13-20-10-16(25-13)12-21-8-4-5-15(11-21)19(22)14-6-7-17(23-2)18(9-14)24-3/h6-7,9-10,15H,4-5,8,11-12H2,1-3H3/t15-/m0/s1. The molecule has 1 atom stereocenters. The van der Waals surface area contributed by atoms with E-state index in [1.807, 2.05) is 19.2 Å². The third-order valence-corrected chi connectivity index (χ3v) is 5.49. The molecule has 0 amide bonds. The largest absolute Gasteiger partial charge is 0.493 e. The summed E-state index contributed by atoms with van der Waals surface area (Å²) in [5, 5.41) is 1.09. The summed E-state index contributed by atoms with van der Waals surface area (Å²) in [6, 6.07) is 5.41. The summed E-state index contributed by atoms with van der Waals surface area (Å²) >= 11 is 1.73. The van der Waals surface area contributed by atoms with E-state index in [1.165, 1.54) is 4.88 Å². The molecular formula is C19H24N2O3S. The van der Waals surface area contributed by atoms with Crippen LogP contribution in [0.4, 0.5) is 0 Å². The summed E-state index contributed by atoms with van der Waals surface area (Å²) in [5.74, 6) is 1.46. The number of thiazole rings is 1. The lowest BCUT2D eigenvalue weighted by atomic mass is 9.90. The van der Waals surface area contributed by atoms with Crippen LogP contribution in [0.15, 0.2) is 24.4 Å². The number of rotatable bonds is 6. The predicted molar refractivity (Wildman–Crippen MR) is 98.7 cm³/mol. The van der Waals surface area contributed by atoms with Gasteiger partial charge in [0.05, 0.1) is 19.2 Å². The number of hydrogen-bond donors (Lipinski definition) is 0. The van der Waals surface area contributed by atoms with E-state index in [0.717, 1.165) is 37.5 Å². The first-order chi connectivity index (χ1) is 12.1. The van der Waals surface area contributed by atoms with Crippen molar-refractivity contribution < 1.29 is 14.3 Å². The molecule has 3 rings (SSSR count). The van der Waals surface area contributed by atoms with Gasteiger partial charge in [0.15, 0.2) is 17.3 Å². The molecule has 1 saturated heterocycles. The van der Waals surface area contributed by atoms with Crippen molar-refractivity contribution in [2.45, 2.75) is 26.3 Å². The number of aromatic nitrogens is 1. The normalized spacial score (nSPS) is 18.1. The maximum absolute atomic E-state index is 12.9. The Morgan fingerprint density at radius 2 is 2.12 bits per heavy atom. The second-order valence-electron chi connectivity index (χ2n) is 6.35. The van der Waals surface area contributed by atoms with Crippen molar-refractivity contribution in [1.29, 1.82) is 0 Å². The van der Waals surface area contributed by atoms with Crippen molar-refractivity contribution in [3.8, 4) is 11.5 Å². The van der Waals surface area contributed by atoms with Gasteiger partial charge in [0.25, 0.3) is 0 Å². The maximum atomic E-state index is 12.9. The summed E-state index contributed by atoms with van der Waals surface area (Å²) < 4.78 is 10.6. The van der Waals surface area contributed by atoms with Crippen LogP contribution < -0.4 is 9.47 Å². The van der Waals surface area contributed by atoms with Gasteiger partial charge in [-0.1, -0.05) is 0 Å². The van der Waals surface area contributed by atoms with Crippen molar-refractivity contribution in [2.75, 3.05) is 27.3 Å². The van der Waals surface area contributed by atoms with Crippen molar-refractivity contribution in [3.05, 3.63) is 39.8 Å². The van der Waals surface area contributed by atoms with Gasteiger partial charge in [-0.25, -0.2) is 4.98 Å². The second-order valence-corrected chi connectivity index (χ2v) is 7.67. The number of ketones is 1. The van der Waals surface area contributed by atoms with Gasteiger partial charge in [-0.2, -0.15) is 0 Å². The predicted octanol–water partition coefficient (Wildman–Crippen LogP) is 3.56. The molecule has 0 saturated carbocycles. The minimum atomic E-state index is 0.0286. The molecule has 6 heteroatoms. The van der Waals surface area contributed by atoms with Gasteiger partial charge in [-0.15, -0.1) is 11.3 Å². The third-order valence-electron chi connectivity index (χ3n) is 4.59. The minimum Gasteiger partial charge on any atom is -0.493 e. The topological polar surface area (TPSA) is 51.7 Å². The monoisotopic (exact) mass is 360 g/mol. The zero-order chi connectivity index (χ0) is 17.8. The Morgan fingerprint density at radius 3 is 2.80 bits per heavy atom. The SMILES string of the molecule is COc1ccc(C(=O)[C@H]2CCCN(Cc3cnc(C)s3)C2)cc1OC. The average molecular weight is 360 g/mol. The number of nitrogens with zero attached hydrogens (tertiary/aromatic N) is 2. The summed E-state index contributed by atoms with van der Waals surface area (Å²) in [6.07, 6.45) is 3.92. The molecule has 1 fully saturated rings. The zero-order valence-electron chi connectivity index (χ0n) is 14.9. The zero-order valence-corrected chi connectivity index (χ0v) is 15.8. The van der Waals surface area contributed by atoms with E-state index in [9.17, 15) is 4.79 Å². The second kappa shape index (κ2) is 7.97. The molecule has 2 aromatic rings. The van der Waals surface area contributed by atoms with E-state index < -0.39 is 0 Å². The third kappa shape index (κ3) is 4.19. The molecule has 0 spiro atoms. The smallest absolute Gasteiger partial charge is 0.167 e. The van der Waals surface area contributed by atoms with Gasteiger partial charge in [0.2, 0.25) is 0 Å². The van der Waals surface area contributed by atoms with Crippen molar-refractivity contribution in [3.63, 3.8) is 0 Å². The van der Waals surface area contributed by atoms with E-state index in [1.54, 1.807) is 37.7 Å². The number of hydrogen-bond acceptors (Lipinski definition) is 6. The fraction of sp³-hybridized carbons (Fsp3) is 0.474. The summed E-state index contributed by atoms with van der Waals surface area (Å²) in [5.41, 5.74) is 0.693. The molecule has 0 bridgehead atoms. The van der Waals surface area contributed by atoms with Gasteiger partial charge in [-0.05, 0) is 44.5 Å². The lowest BCUT2D eigenvalue weighted by Crippen LogP contribution is -2.38. The van der Waals surface area contributed by atoms with Crippen molar-refractivity contribution in [2.24, 2.45) is 5.92 Å². The molecule has 1 aromatic heterocycles. The van der Waals surface area contributed by atoms with Crippen LogP contribution in [-0.4, -0.2) is 43.0 Å². The fourth-order valence-electron chi connectivity index (χ4n) is 3.34. The highest BCUT2D eigenvalue weighted by molar-refractivity contribution is 7.11. The summed E-state index contributed by atoms with van der Waals surface area (Å²) in [6.45, 7) is 4.73. The average Bonchev–Trinajstić information content (AvgIpc) is 3.05. The summed E-state index contributed by atoms with van der Waals surface area (Å²) in [7, 11) is 3.19. The van der Waals surface area contributed by atoms with Gasteiger partial charge < -0.3 is 9.47 Å². The summed E-state index contributed by atoms with van der Waals surface area (Å²) in [4.78, 5) is 20.9. The minimum absolute atomic E-state index is 0.0286. The van der Waals surface area contributed by atoms with Crippen molar-refractivity contribution >= 4 is 17.1 Å². The van der Waals surface area contributed by atoms with E-state index in [-0.39, 0.29) is 11.7 Å². The lowest BCUT2D eigenvalue weighted by Gasteiger charge is -2.31. The number of likely N-dealkylation sites (tertiary alicyclic amines) is 1. The number of carbonyl (C=O) groups is 1. The molecule has 5 nitrogen and oxygen atoms in total. The molecule has 25 heavy (non-hydrogen) atoms. The van der Waals surface area contributed by atoms with Crippen LogP contribution in [0.2, 0.25) is 0 Å². The van der Waals surface area contributed by atoms with Crippen LogP contribution in [0.1, 0.15) is 33.1 Å². The Kier molecular flexibility index (Phi) is 5.71. The molecule has 0 unspecified atom stereocenters. The maximum Gasteiger partial charge on any atom is 0.167 e. The molecule has 1 aromatic carbocycles. The molecule has 0 N–H and O–H groups in total. The molecule has 134 valence electrons. The van der Waals surface area contributed by atoms with Crippen LogP contribution in [0, 0.1) is 12.8 Å². The van der Waals surface area contributed by atoms with Gasteiger partial charge in [0.1, 0.15) is 0 Å². The van der Waals surface area contributed by atoms with Gasteiger partial charge >= 0.3 is 0 Å². The first-order valence-electron chi connectivity index (χ1n) is 8.50. The molecule has 1 aliphatic rings. The first-order valence-corrected chi connectivity index (χ1v) is 9.32. The van der Waals surface area contributed by atoms with E-state index >= 15 is 0 Å². The molecule has 0 aliphatic carbocycles. The number of Topliss-reactive ketones (excluding diaryl/α,β-unsaturated/α-hetero) is 1. The van der Waals surface area contributed by atoms with Crippen LogP contribution in [0.25, 0.3) is 0 Å². The Labute approximate surface area is 152 Å². The molecular weight excluding hydrogens is 336 g/mol. The Morgan fingerprint density at radius 1 is 1.32 bits per heavy atom. The number of benzene rings is 1. The van der Waals surface area contributed by atoms with Gasteiger partial charge in [0, 0.05) is 35.6 Å². The highest BCUT2D eigenvalue weighted by atomic mass is 32.1. The van der Waals surface area contributed by atoms with E-state index in [2.05, 4.69) is 9.88 Å². The lowest BCUT2D eigenvalue weighted by molar-refractivity contribution is 0.0812.